The molecule has 0 aliphatic rings. The van der Waals surface area contributed by atoms with E-state index in [1.807, 2.05) is 0 Å². The van der Waals surface area contributed by atoms with Crippen molar-refractivity contribution in [3.8, 4) is 0 Å². The Labute approximate surface area is 124 Å². The zero-order chi connectivity index (χ0) is 15.4. The lowest BCUT2D eigenvalue weighted by molar-refractivity contribution is 0.0602. The Bertz CT molecular complexity index is 734. The van der Waals surface area contributed by atoms with Crippen LogP contribution in [0, 0.1) is 0 Å². The second-order valence-corrected chi connectivity index (χ2v) is 4.51. The molecular weight excluding hydrogens is 296 g/mol. The number of hydrogen-bond donors (Lipinski definition) is 2. The number of H-pyrrole nitrogens is 1. The van der Waals surface area contributed by atoms with Gasteiger partial charge in [0.2, 0.25) is 5.56 Å². The van der Waals surface area contributed by atoms with Crippen LogP contribution in [-0.2, 0) is 4.74 Å². The number of carbonyl (C=O) groups is 2. The minimum absolute atomic E-state index is 0.141. The molecule has 0 fully saturated rings. The molecule has 2 rings (SSSR count). The predicted molar refractivity (Wildman–Crippen MR) is 77.8 cm³/mol. The van der Waals surface area contributed by atoms with E-state index >= 15 is 0 Å². The smallest absolute Gasteiger partial charge is 0.340 e. The molecule has 6 nitrogen and oxygen atoms in total. The number of ether oxygens (including phenoxy) is 1. The maximum Gasteiger partial charge on any atom is 0.340 e. The first-order valence-corrected chi connectivity index (χ1v) is 6.27. The average Bonchev–Trinajstić information content (AvgIpc) is 2.48. The largest absolute Gasteiger partial charge is 0.465 e. The zero-order valence-corrected chi connectivity index (χ0v) is 11.7. The third-order valence-corrected chi connectivity index (χ3v) is 2.92. The van der Waals surface area contributed by atoms with Crippen LogP contribution >= 0.6 is 11.6 Å². The molecule has 0 saturated heterocycles. The van der Waals surface area contributed by atoms with Gasteiger partial charge in [-0.05, 0) is 24.3 Å². The molecule has 108 valence electrons. The number of rotatable bonds is 3. The fourth-order valence-corrected chi connectivity index (χ4v) is 1.82. The highest BCUT2D eigenvalue weighted by Gasteiger charge is 2.15. The molecule has 0 atom stereocenters. The Balaban J connectivity index is 2.30. The highest BCUT2D eigenvalue weighted by molar-refractivity contribution is 6.31. The summed E-state index contributed by atoms with van der Waals surface area (Å²) in [6, 6.07) is 7.05. The third kappa shape index (κ3) is 3.49. The van der Waals surface area contributed by atoms with Crippen molar-refractivity contribution in [1.82, 2.24) is 4.98 Å². The molecule has 1 amide bonds. The summed E-state index contributed by atoms with van der Waals surface area (Å²) in [5, 5.41) is 2.91. The lowest BCUT2D eigenvalue weighted by atomic mass is 10.1. The standard InChI is InChI=1S/C14H11ClN2O4/c1-21-14(20)10-6-9(15)3-4-11(10)17-13(19)8-2-5-12(18)16-7-8/h2-7H,1H3,(H,16,18)(H,17,19). The maximum absolute atomic E-state index is 12.1. The van der Waals surface area contributed by atoms with E-state index in [0.717, 1.165) is 0 Å². The Kier molecular flexibility index (Phi) is 4.39. The van der Waals surface area contributed by atoms with Crippen molar-refractivity contribution < 1.29 is 14.3 Å². The summed E-state index contributed by atoms with van der Waals surface area (Å²) in [5.74, 6) is -1.09. The summed E-state index contributed by atoms with van der Waals surface area (Å²) in [6.45, 7) is 0. The van der Waals surface area contributed by atoms with Crippen LogP contribution in [0.15, 0.2) is 41.3 Å². The zero-order valence-electron chi connectivity index (χ0n) is 11.0. The van der Waals surface area contributed by atoms with Crippen LogP contribution in [0.5, 0.6) is 0 Å². The fourth-order valence-electron chi connectivity index (χ4n) is 1.65. The van der Waals surface area contributed by atoms with Gasteiger partial charge in [-0.15, -0.1) is 0 Å². The van der Waals surface area contributed by atoms with Gasteiger partial charge in [0, 0.05) is 17.3 Å². The van der Waals surface area contributed by atoms with E-state index in [-0.39, 0.29) is 22.4 Å². The minimum Gasteiger partial charge on any atom is -0.465 e. The molecule has 1 aromatic heterocycles. The first-order valence-electron chi connectivity index (χ1n) is 5.89. The number of hydrogen-bond acceptors (Lipinski definition) is 4. The van der Waals surface area contributed by atoms with E-state index in [9.17, 15) is 14.4 Å². The van der Waals surface area contributed by atoms with Crippen molar-refractivity contribution in [1.29, 1.82) is 0 Å². The van der Waals surface area contributed by atoms with Gasteiger partial charge < -0.3 is 15.0 Å². The van der Waals surface area contributed by atoms with Gasteiger partial charge in [0.05, 0.1) is 23.9 Å². The van der Waals surface area contributed by atoms with Crippen LogP contribution in [0.25, 0.3) is 0 Å². The Morgan fingerprint density at radius 3 is 2.62 bits per heavy atom. The van der Waals surface area contributed by atoms with Gasteiger partial charge in [-0.2, -0.15) is 0 Å². The van der Waals surface area contributed by atoms with Crippen LogP contribution in [0.3, 0.4) is 0 Å². The Morgan fingerprint density at radius 2 is 2.00 bits per heavy atom. The van der Waals surface area contributed by atoms with Gasteiger partial charge >= 0.3 is 5.97 Å². The molecule has 0 aliphatic carbocycles. The second kappa shape index (κ2) is 6.23. The molecule has 1 heterocycles. The molecule has 0 unspecified atom stereocenters. The van der Waals surface area contributed by atoms with Crippen molar-refractivity contribution in [3.05, 3.63) is 63.0 Å². The van der Waals surface area contributed by atoms with Gasteiger partial charge in [0.15, 0.2) is 0 Å². The van der Waals surface area contributed by atoms with Gasteiger partial charge in [-0.3, -0.25) is 9.59 Å². The van der Waals surface area contributed by atoms with Crippen molar-refractivity contribution in [2.75, 3.05) is 12.4 Å². The number of aromatic amines is 1. The molecule has 2 N–H and O–H groups in total. The molecule has 0 bridgehead atoms. The highest BCUT2D eigenvalue weighted by atomic mass is 35.5. The summed E-state index contributed by atoms with van der Waals surface area (Å²) < 4.78 is 4.64. The van der Waals surface area contributed by atoms with Crippen molar-refractivity contribution >= 4 is 29.2 Å². The number of pyridine rings is 1. The van der Waals surface area contributed by atoms with Crippen LogP contribution in [-0.4, -0.2) is 24.0 Å². The fraction of sp³-hybridized carbons (Fsp3) is 0.0714. The van der Waals surface area contributed by atoms with Crippen LogP contribution < -0.4 is 10.9 Å². The van der Waals surface area contributed by atoms with E-state index < -0.39 is 11.9 Å². The summed E-state index contributed by atoms with van der Waals surface area (Å²) in [4.78, 5) is 37.1. The predicted octanol–water partition coefficient (Wildman–Crippen LogP) is 2.07. The number of anilines is 1. The molecule has 0 spiro atoms. The average molecular weight is 307 g/mol. The molecule has 1 aromatic carbocycles. The molecule has 7 heteroatoms. The van der Waals surface area contributed by atoms with Gasteiger partial charge in [-0.25, -0.2) is 4.79 Å². The number of aromatic nitrogens is 1. The Morgan fingerprint density at radius 1 is 1.24 bits per heavy atom. The Hall–Kier alpha value is -2.60. The number of amides is 1. The molecule has 21 heavy (non-hydrogen) atoms. The first-order chi connectivity index (χ1) is 10.0. The molecule has 0 aliphatic heterocycles. The van der Waals surface area contributed by atoms with Gasteiger partial charge in [-0.1, -0.05) is 11.6 Å². The summed E-state index contributed by atoms with van der Waals surface area (Å²) >= 11 is 5.83. The number of halogens is 1. The monoisotopic (exact) mass is 306 g/mol. The van der Waals surface area contributed by atoms with Crippen molar-refractivity contribution in [2.24, 2.45) is 0 Å². The normalized spacial score (nSPS) is 10.0. The van der Waals surface area contributed by atoms with E-state index in [1.54, 1.807) is 0 Å². The number of carbonyl (C=O) groups excluding carboxylic acids is 2. The second-order valence-electron chi connectivity index (χ2n) is 4.08. The first kappa shape index (κ1) is 14.8. The van der Waals surface area contributed by atoms with E-state index in [2.05, 4.69) is 15.0 Å². The number of esters is 1. The van der Waals surface area contributed by atoms with Crippen molar-refractivity contribution in [3.63, 3.8) is 0 Å². The number of benzene rings is 1. The minimum atomic E-state index is -0.616. The topological polar surface area (TPSA) is 88.3 Å². The lowest BCUT2D eigenvalue weighted by Crippen LogP contribution is -2.17. The molecule has 0 radical (unpaired) electrons. The highest BCUT2D eigenvalue weighted by Crippen LogP contribution is 2.22. The van der Waals surface area contributed by atoms with Gasteiger partial charge in [0.1, 0.15) is 0 Å². The number of nitrogens with one attached hydrogen (secondary N) is 2. The van der Waals surface area contributed by atoms with E-state index in [1.165, 1.54) is 43.6 Å². The molecule has 0 saturated carbocycles. The lowest BCUT2D eigenvalue weighted by Gasteiger charge is -2.10. The summed E-state index contributed by atoms with van der Waals surface area (Å²) in [7, 11) is 1.23. The van der Waals surface area contributed by atoms with Crippen LogP contribution in [0.1, 0.15) is 20.7 Å². The summed E-state index contributed by atoms with van der Waals surface area (Å²) in [5.41, 5.74) is 0.346. The molecule has 2 aromatic rings. The van der Waals surface area contributed by atoms with Crippen LogP contribution in [0.4, 0.5) is 5.69 Å². The van der Waals surface area contributed by atoms with Crippen molar-refractivity contribution in [2.45, 2.75) is 0 Å². The molecular formula is C14H11ClN2O4. The third-order valence-electron chi connectivity index (χ3n) is 2.68. The summed E-state index contributed by atoms with van der Waals surface area (Å²) in [6.07, 6.45) is 1.28. The van der Waals surface area contributed by atoms with Gasteiger partial charge in [0.25, 0.3) is 5.91 Å². The SMILES string of the molecule is COC(=O)c1cc(Cl)ccc1NC(=O)c1ccc(=O)[nH]c1. The van der Waals surface area contributed by atoms with Crippen LogP contribution in [0.2, 0.25) is 5.02 Å². The quantitative estimate of drug-likeness (QED) is 0.850. The van der Waals surface area contributed by atoms with E-state index in [4.69, 9.17) is 11.6 Å². The number of methoxy groups -OCH3 is 1. The maximum atomic E-state index is 12.1. The van der Waals surface area contributed by atoms with E-state index in [0.29, 0.717) is 5.02 Å².